The van der Waals surface area contributed by atoms with Gasteiger partial charge in [0, 0.05) is 11.6 Å². The number of carbonyl (C=O) groups is 2. The number of allylic oxidation sites excluding steroid dienone is 1. The first-order chi connectivity index (χ1) is 9.90. The third kappa shape index (κ3) is 4.37. The normalized spacial score (nSPS) is 11.6. The van der Waals surface area contributed by atoms with Crippen molar-refractivity contribution >= 4 is 17.5 Å². The summed E-state index contributed by atoms with van der Waals surface area (Å²) in [5, 5.41) is 0. The highest BCUT2D eigenvalue weighted by Crippen LogP contribution is 2.25. The zero-order valence-corrected chi connectivity index (χ0v) is 11.8. The van der Waals surface area contributed by atoms with Crippen molar-refractivity contribution in [3.63, 3.8) is 0 Å². The van der Waals surface area contributed by atoms with Crippen LogP contribution < -0.4 is 0 Å². The average Bonchev–Trinajstić information content (AvgIpc) is 2.43. The molecule has 1 aromatic carbocycles. The zero-order valence-electron chi connectivity index (χ0n) is 11.8. The second-order valence-corrected chi connectivity index (χ2v) is 4.26. The Hall–Kier alpha value is -2.24. The van der Waals surface area contributed by atoms with Gasteiger partial charge in [-0.05, 0) is 31.1 Å². The minimum Gasteiger partial charge on any atom is -0.468 e. The minimum atomic E-state index is -1.23. The molecule has 0 saturated carbocycles. The molecule has 0 radical (unpaired) electrons. The van der Waals surface area contributed by atoms with Gasteiger partial charge < -0.3 is 9.47 Å². The molecule has 0 saturated heterocycles. The maximum absolute atomic E-state index is 13.7. The van der Waals surface area contributed by atoms with E-state index in [0.29, 0.717) is 6.07 Å². The number of carbonyl (C=O) groups excluding carboxylic acids is 2. The summed E-state index contributed by atoms with van der Waals surface area (Å²) >= 11 is 0. The fourth-order valence-electron chi connectivity index (χ4n) is 1.78. The highest BCUT2D eigenvalue weighted by Gasteiger charge is 2.30. The van der Waals surface area contributed by atoms with Crippen LogP contribution in [0.15, 0.2) is 24.8 Å². The van der Waals surface area contributed by atoms with Gasteiger partial charge in [0.1, 0.15) is 11.6 Å². The maximum atomic E-state index is 13.7. The minimum absolute atomic E-state index is 0.0367. The van der Waals surface area contributed by atoms with Crippen LogP contribution in [0.25, 0.3) is 5.57 Å². The Labute approximate surface area is 121 Å². The van der Waals surface area contributed by atoms with Crippen molar-refractivity contribution in [2.45, 2.75) is 13.3 Å². The van der Waals surface area contributed by atoms with Crippen LogP contribution in [0.4, 0.5) is 8.78 Å². The van der Waals surface area contributed by atoms with E-state index in [1.165, 1.54) is 6.07 Å². The summed E-state index contributed by atoms with van der Waals surface area (Å²) in [6, 6.07) is 2.98. The lowest BCUT2D eigenvalue weighted by molar-refractivity contribution is -0.159. The Morgan fingerprint density at radius 3 is 2.48 bits per heavy atom. The lowest BCUT2D eigenvalue weighted by Crippen LogP contribution is -2.27. The molecule has 1 unspecified atom stereocenters. The Morgan fingerprint density at radius 1 is 1.29 bits per heavy atom. The van der Waals surface area contributed by atoms with Crippen LogP contribution in [0.2, 0.25) is 0 Å². The van der Waals surface area contributed by atoms with Gasteiger partial charge in [-0.3, -0.25) is 9.59 Å². The monoisotopic (exact) mass is 298 g/mol. The Bertz CT molecular complexity index is 555. The molecule has 0 amide bonds. The van der Waals surface area contributed by atoms with Crippen LogP contribution in [0.1, 0.15) is 18.9 Å². The van der Waals surface area contributed by atoms with E-state index in [2.05, 4.69) is 11.3 Å². The van der Waals surface area contributed by atoms with Gasteiger partial charge in [-0.25, -0.2) is 8.78 Å². The largest absolute Gasteiger partial charge is 0.468 e. The van der Waals surface area contributed by atoms with Crippen molar-refractivity contribution in [1.82, 2.24) is 0 Å². The van der Waals surface area contributed by atoms with E-state index in [4.69, 9.17) is 4.74 Å². The molecule has 1 aromatic rings. The number of methoxy groups -OCH3 is 1. The summed E-state index contributed by atoms with van der Waals surface area (Å²) < 4.78 is 35.8. The first-order valence-corrected chi connectivity index (χ1v) is 6.28. The smallest absolute Gasteiger partial charge is 0.320 e. The molecular formula is C15H16F2O4. The van der Waals surface area contributed by atoms with Gasteiger partial charge in [0.05, 0.1) is 13.7 Å². The standard InChI is InChI=1S/C15H16F2O4/c1-4-21-15(19)12(14(18)20-3)7-9(2)11-6-5-10(16)8-13(11)17/h5-6,8,12H,2,4,7H2,1,3H3. The van der Waals surface area contributed by atoms with E-state index in [9.17, 15) is 18.4 Å². The number of hydrogen-bond donors (Lipinski definition) is 0. The van der Waals surface area contributed by atoms with E-state index in [0.717, 1.165) is 13.2 Å². The predicted molar refractivity (Wildman–Crippen MR) is 72.1 cm³/mol. The molecule has 0 heterocycles. The third-order valence-corrected chi connectivity index (χ3v) is 2.82. The first-order valence-electron chi connectivity index (χ1n) is 6.28. The van der Waals surface area contributed by atoms with Gasteiger partial charge in [-0.15, -0.1) is 0 Å². The lowest BCUT2D eigenvalue weighted by atomic mass is 9.95. The summed E-state index contributed by atoms with van der Waals surface area (Å²) in [7, 11) is 1.13. The first kappa shape index (κ1) is 16.8. The van der Waals surface area contributed by atoms with Gasteiger partial charge in [-0.1, -0.05) is 6.58 Å². The van der Waals surface area contributed by atoms with Crippen molar-refractivity contribution in [2.75, 3.05) is 13.7 Å². The molecule has 114 valence electrons. The van der Waals surface area contributed by atoms with Crippen LogP contribution in [0.5, 0.6) is 0 Å². The molecule has 0 aliphatic heterocycles. The number of esters is 2. The van der Waals surface area contributed by atoms with Crippen molar-refractivity contribution in [2.24, 2.45) is 5.92 Å². The summed E-state index contributed by atoms with van der Waals surface area (Å²) in [4.78, 5) is 23.3. The van der Waals surface area contributed by atoms with Gasteiger partial charge in [-0.2, -0.15) is 0 Å². The summed E-state index contributed by atoms with van der Waals surface area (Å²) in [5.74, 6) is -4.33. The van der Waals surface area contributed by atoms with Crippen molar-refractivity contribution < 1.29 is 27.8 Å². The Kier molecular flexibility index (Phi) is 6.02. The van der Waals surface area contributed by atoms with Crippen LogP contribution in [-0.4, -0.2) is 25.7 Å². The molecular weight excluding hydrogens is 282 g/mol. The van der Waals surface area contributed by atoms with Gasteiger partial charge in [0.15, 0.2) is 5.92 Å². The SMILES string of the molecule is C=C(CC(C(=O)OC)C(=O)OCC)c1ccc(F)cc1F. The molecule has 21 heavy (non-hydrogen) atoms. The summed E-state index contributed by atoms with van der Waals surface area (Å²) in [6.07, 6.45) is -0.173. The molecule has 0 aliphatic carbocycles. The molecule has 4 nitrogen and oxygen atoms in total. The predicted octanol–water partition coefficient (Wildman–Crippen LogP) is 2.72. The number of benzene rings is 1. The van der Waals surface area contributed by atoms with E-state index in [1.54, 1.807) is 6.92 Å². The molecule has 6 heteroatoms. The molecule has 1 rings (SSSR count). The highest BCUT2D eigenvalue weighted by molar-refractivity contribution is 5.96. The second-order valence-electron chi connectivity index (χ2n) is 4.26. The topological polar surface area (TPSA) is 52.6 Å². The van der Waals surface area contributed by atoms with Crippen molar-refractivity contribution in [3.05, 3.63) is 42.0 Å². The highest BCUT2D eigenvalue weighted by atomic mass is 19.1. The van der Waals surface area contributed by atoms with Crippen molar-refractivity contribution in [1.29, 1.82) is 0 Å². The van der Waals surface area contributed by atoms with E-state index in [-0.39, 0.29) is 24.2 Å². The van der Waals surface area contributed by atoms with E-state index >= 15 is 0 Å². The number of rotatable bonds is 6. The second kappa shape index (κ2) is 7.52. The quantitative estimate of drug-likeness (QED) is 0.598. The van der Waals surface area contributed by atoms with Crippen LogP contribution >= 0.6 is 0 Å². The maximum Gasteiger partial charge on any atom is 0.320 e. The Balaban J connectivity index is 2.94. The average molecular weight is 298 g/mol. The summed E-state index contributed by atoms with van der Waals surface area (Å²) in [6.45, 7) is 5.34. The Morgan fingerprint density at radius 2 is 1.95 bits per heavy atom. The van der Waals surface area contributed by atoms with Crippen LogP contribution in [0.3, 0.4) is 0 Å². The number of halogens is 2. The van der Waals surface area contributed by atoms with E-state index in [1.807, 2.05) is 0 Å². The van der Waals surface area contributed by atoms with Gasteiger partial charge >= 0.3 is 11.9 Å². The lowest BCUT2D eigenvalue weighted by Gasteiger charge is -2.15. The fraction of sp³-hybridized carbons (Fsp3) is 0.333. The van der Waals surface area contributed by atoms with E-state index < -0.39 is 29.5 Å². The van der Waals surface area contributed by atoms with Gasteiger partial charge in [0.25, 0.3) is 0 Å². The number of ether oxygens (including phenoxy) is 2. The molecule has 0 aliphatic rings. The molecule has 0 bridgehead atoms. The molecule has 0 aromatic heterocycles. The fourth-order valence-corrected chi connectivity index (χ4v) is 1.78. The molecule has 0 fully saturated rings. The van der Waals surface area contributed by atoms with Crippen molar-refractivity contribution in [3.8, 4) is 0 Å². The van der Waals surface area contributed by atoms with Gasteiger partial charge in [0.2, 0.25) is 0 Å². The molecule has 1 atom stereocenters. The third-order valence-electron chi connectivity index (χ3n) is 2.82. The number of hydrogen-bond acceptors (Lipinski definition) is 4. The zero-order chi connectivity index (χ0) is 16.0. The molecule has 0 N–H and O–H groups in total. The van der Waals surface area contributed by atoms with Crippen LogP contribution in [-0.2, 0) is 19.1 Å². The van der Waals surface area contributed by atoms with Crippen LogP contribution in [0, 0.1) is 17.6 Å². The molecule has 0 spiro atoms. The summed E-state index contributed by atoms with van der Waals surface area (Å²) in [5.41, 5.74) is 0.213.